The number of nitrogens with zero attached hydrogens (tertiary/aromatic N) is 4. The van der Waals surface area contributed by atoms with Crippen LogP contribution in [0.25, 0.3) is 22.3 Å². The van der Waals surface area contributed by atoms with Crippen LogP contribution in [0.5, 0.6) is 0 Å². The van der Waals surface area contributed by atoms with Gasteiger partial charge in [-0.2, -0.15) is 5.10 Å². The minimum absolute atomic E-state index is 0.750. The van der Waals surface area contributed by atoms with Crippen LogP contribution in [-0.2, 0) is 11.8 Å². The fourth-order valence-corrected chi connectivity index (χ4v) is 3.20. The first-order chi connectivity index (χ1) is 17.0. The monoisotopic (exact) mass is 476 g/mol. The number of benzene rings is 1. The van der Waals surface area contributed by atoms with E-state index in [1.165, 1.54) is 6.92 Å². The van der Waals surface area contributed by atoms with Gasteiger partial charge in [0, 0.05) is 37.0 Å². The lowest BCUT2D eigenvalue weighted by atomic mass is 9.90. The first-order valence-electron chi connectivity index (χ1n) is 11.9. The molecule has 2 aromatic heterocycles. The van der Waals surface area contributed by atoms with Crippen molar-refractivity contribution in [3.05, 3.63) is 84.6 Å². The molecule has 0 N–H and O–H groups in total. The van der Waals surface area contributed by atoms with E-state index >= 15 is 0 Å². The fraction of sp³-hybridized carbons (Fsp3) is 0.310. The topological polar surface area (TPSA) is 73.3 Å². The molecule has 6 nitrogen and oxygen atoms in total. The molecule has 3 rings (SSSR count). The number of aldehydes is 1. The summed E-state index contributed by atoms with van der Waals surface area (Å²) in [4.78, 5) is 13.4. The number of carbonyl (C=O) groups excluding carboxylic acids is 1. The van der Waals surface area contributed by atoms with Gasteiger partial charge in [0.05, 0.1) is 17.6 Å². The van der Waals surface area contributed by atoms with E-state index in [0.29, 0.717) is 0 Å². The zero-order chi connectivity index (χ0) is 26.8. The summed E-state index contributed by atoms with van der Waals surface area (Å²) < 4.78 is 6.99. The molecular formula is C29H40N4O2. The molecule has 0 radical (unpaired) electrons. The molecule has 0 aliphatic rings. The summed E-state index contributed by atoms with van der Waals surface area (Å²) in [7, 11) is 3.71. The predicted octanol–water partition coefficient (Wildman–Crippen LogP) is 7.42. The van der Waals surface area contributed by atoms with Gasteiger partial charge in [-0.1, -0.05) is 75.9 Å². The molecule has 6 heteroatoms. The summed E-state index contributed by atoms with van der Waals surface area (Å²) in [5, 5.41) is 8.34. The molecule has 188 valence electrons. The Morgan fingerprint density at radius 1 is 1.11 bits per heavy atom. The molecule has 0 aliphatic heterocycles. The molecule has 0 atom stereocenters. The van der Waals surface area contributed by atoms with E-state index in [1.807, 2.05) is 79.2 Å². The lowest BCUT2D eigenvalue weighted by Crippen LogP contribution is -2.06. The number of aliphatic imine (C=N–C) groups is 1. The normalized spacial score (nSPS) is 10.9. The Labute approximate surface area is 210 Å². The highest BCUT2D eigenvalue weighted by Gasteiger charge is 2.18. The molecule has 0 saturated carbocycles. The minimum atomic E-state index is 0.750. The van der Waals surface area contributed by atoms with Crippen molar-refractivity contribution in [3.8, 4) is 22.3 Å². The third kappa shape index (κ3) is 8.81. The average molecular weight is 477 g/mol. The van der Waals surface area contributed by atoms with E-state index in [0.717, 1.165) is 51.1 Å². The summed E-state index contributed by atoms with van der Waals surface area (Å²) >= 11 is 0. The molecule has 0 saturated heterocycles. The molecule has 2 heterocycles. The van der Waals surface area contributed by atoms with Gasteiger partial charge < -0.3 is 9.32 Å². The van der Waals surface area contributed by atoms with Gasteiger partial charge in [-0.25, -0.2) is 0 Å². The van der Waals surface area contributed by atoms with Gasteiger partial charge in [-0.15, -0.1) is 0 Å². The third-order valence-electron chi connectivity index (χ3n) is 4.49. The summed E-state index contributed by atoms with van der Waals surface area (Å²) in [6.45, 7) is 17.2. The van der Waals surface area contributed by atoms with Gasteiger partial charge in [0.2, 0.25) is 0 Å². The van der Waals surface area contributed by atoms with E-state index in [4.69, 9.17) is 9.32 Å². The highest BCUT2D eigenvalue weighted by Crippen LogP contribution is 2.32. The number of aryl methyl sites for hydroxylation is 2. The lowest BCUT2D eigenvalue weighted by molar-refractivity contribution is -0.106. The first kappa shape index (κ1) is 31.2. The second-order valence-electron chi connectivity index (χ2n) is 6.64. The number of hydrogen-bond acceptors (Lipinski definition) is 5. The molecule has 0 fully saturated rings. The van der Waals surface area contributed by atoms with Crippen molar-refractivity contribution in [2.45, 2.75) is 48.5 Å². The van der Waals surface area contributed by atoms with Crippen LogP contribution in [0, 0.1) is 6.92 Å². The molecule has 0 bridgehead atoms. The SMILES string of the molecule is C=C/C=C(\C=C/C)C(=NC)c1cc(-c2cnn(C)c2)ccc1-c1conc1C.CC.CC.CC=O. The second-order valence-corrected chi connectivity index (χ2v) is 6.64. The summed E-state index contributed by atoms with van der Waals surface area (Å²) in [5.41, 5.74) is 7.79. The lowest BCUT2D eigenvalue weighted by Gasteiger charge is -2.14. The maximum atomic E-state index is 8.81. The van der Waals surface area contributed by atoms with E-state index in [9.17, 15) is 0 Å². The molecule has 0 amide bonds. The van der Waals surface area contributed by atoms with Crippen LogP contribution in [0.15, 0.2) is 82.8 Å². The Morgan fingerprint density at radius 3 is 2.23 bits per heavy atom. The van der Waals surface area contributed by atoms with Gasteiger partial charge in [-0.3, -0.25) is 9.67 Å². The van der Waals surface area contributed by atoms with E-state index < -0.39 is 0 Å². The molecule has 0 unspecified atom stereocenters. The quantitative estimate of drug-likeness (QED) is 0.211. The minimum Gasteiger partial charge on any atom is -0.364 e. The number of aromatic nitrogens is 3. The number of carbonyl (C=O) groups is 1. The van der Waals surface area contributed by atoms with E-state index in [2.05, 4.69) is 40.0 Å². The average Bonchev–Trinajstić information content (AvgIpc) is 3.51. The Balaban J connectivity index is 0.00000150. The maximum absolute atomic E-state index is 8.81. The number of rotatable bonds is 6. The van der Waals surface area contributed by atoms with Crippen molar-refractivity contribution in [2.24, 2.45) is 12.0 Å². The third-order valence-corrected chi connectivity index (χ3v) is 4.49. The molecule has 0 spiro atoms. The van der Waals surface area contributed by atoms with Crippen molar-refractivity contribution in [1.82, 2.24) is 14.9 Å². The van der Waals surface area contributed by atoms with Crippen molar-refractivity contribution in [3.63, 3.8) is 0 Å². The first-order valence-corrected chi connectivity index (χ1v) is 11.9. The van der Waals surface area contributed by atoms with Crippen molar-refractivity contribution < 1.29 is 9.32 Å². The van der Waals surface area contributed by atoms with Crippen LogP contribution in [0.4, 0.5) is 0 Å². The summed E-state index contributed by atoms with van der Waals surface area (Å²) in [5.74, 6) is 0. The van der Waals surface area contributed by atoms with Gasteiger partial charge >= 0.3 is 0 Å². The largest absolute Gasteiger partial charge is 0.364 e. The van der Waals surface area contributed by atoms with Crippen LogP contribution in [-0.4, -0.2) is 34.0 Å². The highest BCUT2D eigenvalue weighted by atomic mass is 16.5. The molecule has 35 heavy (non-hydrogen) atoms. The Hall–Kier alpha value is -3.80. The standard InChI is InChI=1S/C23H24N4O.C2H4O.2C2H6/c1-6-8-17(9-7-2)23(24-4)21-12-18(19-13-25-27(5)14-19)10-11-20(21)22-15-28-26-16(22)3;1-2-3;2*1-2/h6-15H,1H2,2-5H3;2H,1H3;2*1-2H3/b9-7-,17-8+,24-23?;;;. The van der Waals surface area contributed by atoms with E-state index in [1.54, 1.807) is 24.1 Å². The maximum Gasteiger partial charge on any atom is 0.131 e. The van der Waals surface area contributed by atoms with Crippen LogP contribution in [0.2, 0.25) is 0 Å². The van der Waals surface area contributed by atoms with Crippen molar-refractivity contribution >= 4 is 12.0 Å². The Kier molecular flexibility index (Phi) is 15.7. The van der Waals surface area contributed by atoms with Crippen LogP contribution in [0.1, 0.15) is 52.8 Å². The summed E-state index contributed by atoms with van der Waals surface area (Å²) in [6, 6.07) is 6.31. The van der Waals surface area contributed by atoms with Gasteiger partial charge in [0.25, 0.3) is 0 Å². The Bertz CT molecular complexity index is 1130. The van der Waals surface area contributed by atoms with E-state index in [-0.39, 0.29) is 0 Å². The number of hydrogen-bond donors (Lipinski definition) is 0. The van der Waals surface area contributed by atoms with Gasteiger partial charge in [0.15, 0.2) is 0 Å². The second kappa shape index (κ2) is 17.6. The van der Waals surface area contributed by atoms with Gasteiger partial charge in [-0.05, 0) is 43.5 Å². The fourth-order valence-electron chi connectivity index (χ4n) is 3.20. The number of allylic oxidation sites excluding steroid dienone is 5. The van der Waals surface area contributed by atoms with Crippen LogP contribution >= 0.6 is 0 Å². The highest BCUT2D eigenvalue weighted by molar-refractivity contribution is 6.18. The predicted molar refractivity (Wildman–Crippen MR) is 149 cm³/mol. The van der Waals surface area contributed by atoms with Crippen LogP contribution in [0.3, 0.4) is 0 Å². The van der Waals surface area contributed by atoms with Crippen LogP contribution < -0.4 is 0 Å². The van der Waals surface area contributed by atoms with Gasteiger partial charge in [0.1, 0.15) is 12.5 Å². The zero-order valence-electron chi connectivity index (χ0n) is 22.7. The summed E-state index contributed by atoms with van der Waals surface area (Å²) in [6.07, 6.45) is 14.1. The molecule has 1 aromatic carbocycles. The smallest absolute Gasteiger partial charge is 0.131 e. The molecule has 0 aliphatic carbocycles. The molecule has 3 aromatic rings. The molecular weight excluding hydrogens is 436 g/mol. The zero-order valence-corrected chi connectivity index (χ0v) is 22.7. The van der Waals surface area contributed by atoms with Crippen molar-refractivity contribution in [1.29, 1.82) is 0 Å². The Morgan fingerprint density at radius 2 is 1.77 bits per heavy atom. The van der Waals surface area contributed by atoms with Crippen molar-refractivity contribution in [2.75, 3.05) is 7.05 Å².